The van der Waals surface area contributed by atoms with Crippen LogP contribution in [0.25, 0.3) is 0 Å². The third kappa shape index (κ3) is 2.32. The smallest absolute Gasteiger partial charge is 0.0261 e. The molecule has 5 aliphatic carbocycles. The standard InChI is InChI=1S/C26H44/c1-4-19-11-12-21-20-18-26(15-7-5-8-16-26)23-10-6-9-14-25(23,3)22(20)13-17-24(19,21)2/h19-23H,4-18H2,1-3H3/t19-,20-,21-,22-,23?,24+,25+/m0/s1. The Balaban J connectivity index is 1.54. The van der Waals surface area contributed by atoms with Crippen molar-refractivity contribution in [2.45, 2.75) is 117 Å². The van der Waals surface area contributed by atoms with Crippen LogP contribution in [0.3, 0.4) is 0 Å². The van der Waals surface area contributed by atoms with E-state index >= 15 is 0 Å². The van der Waals surface area contributed by atoms with Crippen LogP contribution in [0.1, 0.15) is 117 Å². The van der Waals surface area contributed by atoms with Gasteiger partial charge in [-0.05, 0) is 104 Å². The van der Waals surface area contributed by atoms with Gasteiger partial charge in [-0.1, -0.05) is 59.3 Å². The summed E-state index contributed by atoms with van der Waals surface area (Å²) in [6.07, 6.45) is 23.4. The van der Waals surface area contributed by atoms with E-state index in [1.54, 1.807) is 77.0 Å². The number of hydrogen-bond donors (Lipinski definition) is 0. The predicted octanol–water partition coefficient (Wildman–Crippen LogP) is 8.01. The Bertz CT molecular complexity index is 521. The zero-order valence-electron chi connectivity index (χ0n) is 18.0. The van der Waals surface area contributed by atoms with E-state index in [9.17, 15) is 0 Å². The van der Waals surface area contributed by atoms with E-state index in [1.807, 2.05) is 0 Å². The molecule has 26 heavy (non-hydrogen) atoms. The molecule has 5 rings (SSSR count). The zero-order chi connectivity index (χ0) is 18.0. The second kappa shape index (κ2) is 6.25. The largest absolute Gasteiger partial charge is 0.0651 e. The third-order valence-corrected chi connectivity index (χ3v) is 11.5. The van der Waals surface area contributed by atoms with Crippen molar-refractivity contribution in [2.75, 3.05) is 0 Å². The Morgan fingerprint density at radius 2 is 1.42 bits per heavy atom. The molecular weight excluding hydrogens is 312 g/mol. The Kier molecular flexibility index (Phi) is 4.34. The summed E-state index contributed by atoms with van der Waals surface area (Å²) >= 11 is 0. The van der Waals surface area contributed by atoms with Crippen molar-refractivity contribution in [2.24, 2.45) is 45.8 Å². The van der Waals surface area contributed by atoms with E-state index in [-0.39, 0.29) is 0 Å². The molecule has 0 aromatic carbocycles. The van der Waals surface area contributed by atoms with E-state index in [4.69, 9.17) is 0 Å². The van der Waals surface area contributed by atoms with Crippen LogP contribution in [-0.2, 0) is 0 Å². The lowest BCUT2D eigenvalue weighted by atomic mass is 9.38. The topological polar surface area (TPSA) is 0 Å². The molecule has 0 heterocycles. The molecule has 148 valence electrons. The average Bonchev–Trinajstić information content (AvgIpc) is 2.99. The minimum absolute atomic E-state index is 0.698. The average molecular weight is 357 g/mol. The van der Waals surface area contributed by atoms with Crippen LogP contribution in [0.5, 0.6) is 0 Å². The van der Waals surface area contributed by atoms with Gasteiger partial charge in [0.15, 0.2) is 0 Å². The van der Waals surface area contributed by atoms with Crippen LogP contribution < -0.4 is 0 Å². The highest BCUT2D eigenvalue weighted by Gasteiger charge is 2.64. The summed E-state index contributed by atoms with van der Waals surface area (Å²) in [6, 6.07) is 0. The van der Waals surface area contributed by atoms with Gasteiger partial charge >= 0.3 is 0 Å². The summed E-state index contributed by atoms with van der Waals surface area (Å²) in [5.74, 6) is 5.35. The number of hydrogen-bond acceptors (Lipinski definition) is 0. The van der Waals surface area contributed by atoms with Gasteiger partial charge in [0.05, 0.1) is 0 Å². The fourth-order valence-electron chi connectivity index (χ4n) is 10.4. The van der Waals surface area contributed by atoms with E-state index < -0.39 is 0 Å². The molecule has 0 N–H and O–H groups in total. The van der Waals surface area contributed by atoms with Gasteiger partial charge in [0.2, 0.25) is 0 Å². The van der Waals surface area contributed by atoms with Crippen molar-refractivity contribution in [3.8, 4) is 0 Å². The van der Waals surface area contributed by atoms with Crippen LogP contribution in [0.4, 0.5) is 0 Å². The van der Waals surface area contributed by atoms with E-state index in [1.165, 1.54) is 19.3 Å². The molecule has 0 nitrogen and oxygen atoms in total. The molecule has 7 atom stereocenters. The third-order valence-electron chi connectivity index (χ3n) is 11.5. The van der Waals surface area contributed by atoms with Crippen LogP contribution >= 0.6 is 0 Å². The van der Waals surface area contributed by atoms with Gasteiger partial charge in [0, 0.05) is 0 Å². The van der Waals surface area contributed by atoms with Crippen molar-refractivity contribution in [1.29, 1.82) is 0 Å². The second-order valence-corrected chi connectivity index (χ2v) is 12.0. The molecule has 1 unspecified atom stereocenters. The maximum Gasteiger partial charge on any atom is -0.0261 e. The lowest BCUT2D eigenvalue weighted by Crippen LogP contribution is -2.59. The molecule has 0 amide bonds. The summed E-state index contributed by atoms with van der Waals surface area (Å²) in [6.45, 7) is 8.02. The van der Waals surface area contributed by atoms with Crippen LogP contribution in [0.2, 0.25) is 0 Å². The van der Waals surface area contributed by atoms with Crippen molar-refractivity contribution in [3.63, 3.8) is 0 Å². The Morgan fingerprint density at radius 1 is 0.692 bits per heavy atom. The molecule has 5 fully saturated rings. The van der Waals surface area contributed by atoms with Crippen molar-refractivity contribution in [1.82, 2.24) is 0 Å². The molecule has 0 heteroatoms. The molecule has 5 aliphatic rings. The first-order chi connectivity index (χ1) is 12.5. The summed E-state index contributed by atoms with van der Waals surface area (Å²) in [4.78, 5) is 0. The summed E-state index contributed by atoms with van der Waals surface area (Å²) in [7, 11) is 0. The zero-order valence-corrected chi connectivity index (χ0v) is 18.0. The minimum atomic E-state index is 0.698. The molecule has 0 aliphatic heterocycles. The molecule has 5 saturated carbocycles. The summed E-state index contributed by atoms with van der Waals surface area (Å²) < 4.78 is 0. The maximum absolute atomic E-state index is 2.80. The van der Waals surface area contributed by atoms with Gasteiger partial charge in [0.1, 0.15) is 0 Å². The van der Waals surface area contributed by atoms with E-state index in [0.29, 0.717) is 10.8 Å². The molecule has 0 aromatic heterocycles. The summed E-state index contributed by atoms with van der Waals surface area (Å²) in [5, 5.41) is 0. The highest BCUT2D eigenvalue weighted by Crippen LogP contribution is 2.72. The minimum Gasteiger partial charge on any atom is -0.0651 e. The van der Waals surface area contributed by atoms with Crippen molar-refractivity contribution >= 4 is 0 Å². The Morgan fingerprint density at radius 3 is 2.19 bits per heavy atom. The molecular formula is C26H44. The first-order valence-corrected chi connectivity index (χ1v) is 12.5. The van der Waals surface area contributed by atoms with Gasteiger partial charge < -0.3 is 0 Å². The van der Waals surface area contributed by atoms with Crippen molar-refractivity contribution in [3.05, 3.63) is 0 Å². The quantitative estimate of drug-likeness (QED) is 0.446. The number of fused-ring (bicyclic) bond motifs is 6. The van der Waals surface area contributed by atoms with Gasteiger partial charge in [0.25, 0.3) is 0 Å². The number of rotatable bonds is 1. The lowest BCUT2D eigenvalue weighted by Gasteiger charge is -2.67. The van der Waals surface area contributed by atoms with E-state index in [0.717, 1.165) is 35.0 Å². The molecule has 0 aromatic rings. The normalized spacial score (nSPS) is 53.0. The van der Waals surface area contributed by atoms with Gasteiger partial charge in [-0.3, -0.25) is 0 Å². The van der Waals surface area contributed by atoms with Crippen LogP contribution in [0.15, 0.2) is 0 Å². The fourth-order valence-corrected chi connectivity index (χ4v) is 10.4. The van der Waals surface area contributed by atoms with Crippen molar-refractivity contribution < 1.29 is 0 Å². The SMILES string of the molecule is CC[C@H]1CC[C@H]2[C@@H]3CC4(CCCCC4)C4CCCC[C@]4(C)[C@H]3CC[C@]12C. The highest BCUT2D eigenvalue weighted by molar-refractivity contribution is 5.13. The first-order valence-electron chi connectivity index (χ1n) is 12.5. The molecule has 0 bridgehead atoms. The summed E-state index contributed by atoms with van der Waals surface area (Å²) in [5.41, 5.74) is 2.16. The van der Waals surface area contributed by atoms with Gasteiger partial charge in [-0.25, -0.2) is 0 Å². The monoisotopic (exact) mass is 356 g/mol. The lowest BCUT2D eigenvalue weighted by molar-refractivity contribution is -0.179. The molecule has 0 radical (unpaired) electrons. The molecule has 0 saturated heterocycles. The Labute approximate surface area is 163 Å². The van der Waals surface area contributed by atoms with E-state index in [2.05, 4.69) is 20.8 Å². The Hall–Kier alpha value is 0. The van der Waals surface area contributed by atoms with Gasteiger partial charge in [-0.2, -0.15) is 0 Å². The fraction of sp³-hybridized carbons (Fsp3) is 1.00. The molecule has 1 spiro atoms. The van der Waals surface area contributed by atoms with Crippen LogP contribution in [-0.4, -0.2) is 0 Å². The second-order valence-electron chi connectivity index (χ2n) is 12.0. The predicted molar refractivity (Wildman–Crippen MR) is 111 cm³/mol. The van der Waals surface area contributed by atoms with Gasteiger partial charge in [-0.15, -0.1) is 0 Å². The first kappa shape index (κ1) is 18.1. The van der Waals surface area contributed by atoms with Crippen LogP contribution in [0, 0.1) is 45.8 Å². The highest BCUT2D eigenvalue weighted by atomic mass is 14.7. The maximum atomic E-state index is 2.80.